The Morgan fingerprint density at radius 3 is 2.12 bits per heavy atom. The summed E-state index contributed by atoms with van der Waals surface area (Å²) in [5.74, 6) is 0.260. The molecule has 136 valence electrons. The van der Waals surface area contributed by atoms with Gasteiger partial charge in [0, 0.05) is 14.1 Å². The smallest absolute Gasteiger partial charge is 0.344 e. The van der Waals surface area contributed by atoms with Gasteiger partial charge in [0.2, 0.25) is 0 Å². The maximum Gasteiger partial charge on any atom is 0.344 e. The van der Waals surface area contributed by atoms with Gasteiger partial charge < -0.3 is 9.47 Å². The van der Waals surface area contributed by atoms with Crippen molar-refractivity contribution in [3.8, 4) is 5.75 Å². The fourth-order valence-electron chi connectivity index (χ4n) is 2.01. The first kappa shape index (κ1) is 19.2. The van der Waals surface area contributed by atoms with Gasteiger partial charge in [-0.2, -0.15) is 0 Å². The molecule has 0 saturated carbocycles. The number of benzene rings is 2. The SMILES string of the molecule is CCOC(=O)COc1ccc(/C=C/c2ccc(N=NN(C)C)cc2)cc1. The molecule has 2 rings (SSSR count). The highest BCUT2D eigenvalue weighted by Gasteiger charge is 2.02. The van der Waals surface area contributed by atoms with Crippen LogP contribution in [0.5, 0.6) is 5.75 Å². The van der Waals surface area contributed by atoms with E-state index in [1.54, 1.807) is 11.9 Å². The van der Waals surface area contributed by atoms with E-state index in [0.717, 1.165) is 16.8 Å². The van der Waals surface area contributed by atoms with Crippen LogP contribution < -0.4 is 4.74 Å². The minimum atomic E-state index is -0.370. The second-order valence-electron chi connectivity index (χ2n) is 5.62. The molecule has 0 aromatic heterocycles. The molecule has 0 spiro atoms. The van der Waals surface area contributed by atoms with Crippen LogP contribution in [0.4, 0.5) is 5.69 Å². The summed E-state index contributed by atoms with van der Waals surface area (Å²) in [7, 11) is 3.65. The molecule has 0 aliphatic carbocycles. The first-order valence-electron chi connectivity index (χ1n) is 8.32. The summed E-state index contributed by atoms with van der Waals surface area (Å²) in [4.78, 5) is 11.3. The van der Waals surface area contributed by atoms with Crippen molar-refractivity contribution >= 4 is 23.8 Å². The van der Waals surface area contributed by atoms with E-state index in [4.69, 9.17) is 9.47 Å². The van der Waals surface area contributed by atoms with Crippen LogP contribution in [0.2, 0.25) is 0 Å². The number of carbonyl (C=O) groups excluding carboxylic acids is 1. The van der Waals surface area contributed by atoms with Crippen molar-refractivity contribution in [3.05, 3.63) is 59.7 Å². The van der Waals surface area contributed by atoms with Crippen LogP contribution in [0.15, 0.2) is 58.9 Å². The fourth-order valence-corrected chi connectivity index (χ4v) is 2.01. The zero-order valence-corrected chi connectivity index (χ0v) is 15.3. The summed E-state index contributed by atoms with van der Waals surface area (Å²) in [5, 5.41) is 9.71. The summed E-state index contributed by atoms with van der Waals surface area (Å²) in [6, 6.07) is 15.3. The van der Waals surface area contributed by atoms with E-state index in [9.17, 15) is 4.79 Å². The van der Waals surface area contributed by atoms with Crippen LogP contribution in [-0.4, -0.2) is 38.3 Å². The summed E-state index contributed by atoms with van der Waals surface area (Å²) in [6.45, 7) is 2.03. The second-order valence-corrected chi connectivity index (χ2v) is 5.62. The quantitative estimate of drug-likeness (QED) is 0.306. The van der Waals surface area contributed by atoms with Crippen LogP contribution in [0.1, 0.15) is 18.1 Å². The van der Waals surface area contributed by atoms with Gasteiger partial charge in [-0.1, -0.05) is 41.6 Å². The summed E-state index contributed by atoms with van der Waals surface area (Å²) in [6.07, 6.45) is 4.02. The number of hydrogen-bond donors (Lipinski definition) is 0. The van der Waals surface area contributed by atoms with E-state index >= 15 is 0 Å². The predicted molar refractivity (Wildman–Crippen MR) is 102 cm³/mol. The first-order valence-corrected chi connectivity index (χ1v) is 8.32. The molecular formula is C20H23N3O3. The number of ether oxygens (including phenoxy) is 2. The number of esters is 1. The zero-order chi connectivity index (χ0) is 18.8. The van der Waals surface area contributed by atoms with Gasteiger partial charge in [-0.15, -0.1) is 5.11 Å². The lowest BCUT2D eigenvalue weighted by atomic mass is 10.1. The normalized spacial score (nSPS) is 11.0. The van der Waals surface area contributed by atoms with Gasteiger partial charge in [0.25, 0.3) is 0 Å². The van der Waals surface area contributed by atoms with Crippen molar-refractivity contribution in [2.24, 2.45) is 10.3 Å². The highest BCUT2D eigenvalue weighted by atomic mass is 16.6. The molecule has 0 aliphatic rings. The minimum Gasteiger partial charge on any atom is -0.482 e. The Morgan fingerprint density at radius 2 is 1.58 bits per heavy atom. The van der Waals surface area contributed by atoms with Crippen LogP contribution >= 0.6 is 0 Å². The van der Waals surface area contributed by atoms with Gasteiger partial charge in [-0.05, 0) is 42.3 Å². The molecule has 0 unspecified atom stereocenters. The molecule has 0 N–H and O–H groups in total. The minimum absolute atomic E-state index is 0.0828. The zero-order valence-electron chi connectivity index (χ0n) is 15.3. The van der Waals surface area contributed by atoms with Crippen molar-refractivity contribution in [1.29, 1.82) is 0 Å². The Hall–Kier alpha value is -3.15. The number of hydrogen-bond acceptors (Lipinski definition) is 5. The molecule has 0 amide bonds. The molecule has 26 heavy (non-hydrogen) atoms. The average Bonchev–Trinajstić information content (AvgIpc) is 2.65. The molecule has 0 fully saturated rings. The van der Waals surface area contributed by atoms with Gasteiger partial charge in [-0.3, -0.25) is 5.01 Å². The molecule has 0 heterocycles. The molecule has 6 heteroatoms. The summed E-state index contributed by atoms with van der Waals surface area (Å²) >= 11 is 0. The van der Waals surface area contributed by atoms with Gasteiger partial charge in [0.1, 0.15) is 5.75 Å². The molecule has 0 radical (unpaired) electrons. The second kappa shape index (κ2) is 9.98. The standard InChI is InChI=1S/C20H23N3O3/c1-4-25-20(24)15-26-19-13-9-17(10-14-19)6-5-16-7-11-18(12-8-16)21-22-23(2)3/h5-14H,4,15H2,1-3H3/b6-5+,22-21?. The fraction of sp³-hybridized carbons (Fsp3) is 0.250. The highest BCUT2D eigenvalue weighted by molar-refractivity contribution is 5.71. The third-order valence-corrected chi connectivity index (χ3v) is 3.24. The maximum atomic E-state index is 11.3. The Morgan fingerprint density at radius 1 is 1.00 bits per heavy atom. The van der Waals surface area contributed by atoms with Gasteiger partial charge in [0.05, 0.1) is 12.3 Å². The Bertz CT molecular complexity index is 751. The van der Waals surface area contributed by atoms with Crippen LogP contribution in [0.25, 0.3) is 12.2 Å². The molecule has 0 atom stereocenters. The molecule has 2 aromatic rings. The van der Waals surface area contributed by atoms with E-state index in [-0.39, 0.29) is 12.6 Å². The Labute approximate surface area is 153 Å². The number of nitrogens with zero attached hydrogens (tertiary/aromatic N) is 3. The van der Waals surface area contributed by atoms with Crippen molar-refractivity contribution < 1.29 is 14.3 Å². The monoisotopic (exact) mass is 353 g/mol. The van der Waals surface area contributed by atoms with Crippen molar-refractivity contribution in [3.63, 3.8) is 0 Å². The highest BCUT2D eigenvalue weighted by Crippen LogP contribution is 2.17. The van der Waals surface area contributed by atoms with E-state index < -0.39 is 0 Å². The lowest BCUT2D eigenvalue weighted by molar-refractivity contribution is -0.145. The van der Waals surface area contributed by atoms with Crippen molar-refractivity contribution in [1.82, 2.24) is 5.01 Å². The summed E-state index contributed by atoms with van der Waals surface area (Å²) < 4.78 is 10.2. The maximum absolute atomic E-state index is 11.3. The predicted octanol–water partition coefficient (Wildman–Crippen LogP) is 4.36. The van der Waals surface area contributed by atoms with E-state index in [1.165, 1.54) is 0 Å². The third kappa shape index (κ3) is 6.76. The van der Waals surface area contributed by atoms with Crippen LogP contribution in [0.3, 0.4) is 0 Å². The Kier molecular flexibility index (Phi) is 7.36. The Balaban J connectivity index is 1.90. The molecule has 6 nitrogen and oxygen atoms in total. The average molecular weight is 353 g/mol. The van der Waals surface area contributed by atoms with Crippen LogP contribution in [0, 0.1) is 0 Å². The molecular weight excluding hydrogens is 330 g/mol. The van der Waals surface area contributed by atoms with Gasteiger partial charge in [0.15, 0.2) is 6.61 Å². The topological polar surface area (TPSA) is 63.5 Å². The van der Waals surface area contributed by atoms with E-state index in [1.807, 2.05) is 74.8 Å². The lowest BCUT2D eigenvalue weighted by Crippen LogP contribution is -2.14. The third-order valence-electron chi connectivity index (χ3n) is 3.24. The van der Waals surface area contributed by atoms with Gasteiger partial charge >= 0.3 is 5.97 Å². The van der Waals surface area contributed by atoms with Gasteiger partial charge in [-0.25, -0.2) is 4.79 Å². The lowest BCUT2D eigenvalue weighted by Gasteiger charge is -2.05. The van der Waals surface area contributed by atoms with Crippen molar-refractivity contribution in [2.75, 3.05) is 27.3 Å². The number of carbonyl (C=O) groups is 1. The molecule has 2 aromatic carbocycles. The van der Waals surface area contributed by atoms with E-state index in [2.05, 4.69) is 10.3 Å². The first-order chi connectivity index (χ1) is 12.6. The van der Waals surface area contributed by atoms with Crippen LogP contribution in [-0.2, 0) is 9.53 Å². The summed E-state index contributed by atoms with van der Waals surface area (Å²) in [5.41, 5.74) is 2.90. The molecule has 0 saturated heterocycles. The van der Waals surface area contributed by atoms with Crippen molar-refractivity contribution in [2.45, 2.75) is 6.92 Å². The molecule has 0 bridgehead atoms. The molecule has 0 aliphatic heterocycles. The van der Waals surface area contributed by atoms with E-state index in [0.29, 0.717) is 12.4 Å². The number of rotatable bonds is 8. The largest absolute Gasteiger partial charge is 0.482 e.